The molecule has 0 bridgehead atoms. The van der Waals surface area contributed by atoms with Gasteiger partial charge in [-0.25, -0.2) is 8.42 Å². The van der Waals surface area contributed by atoms with E-state index in [1.165, 1.54) is 0 Å². The van der Waals surface area contributed by atoms with E-state index in [9.17, 15) is 13.2 Å². The fraction of sp³-hybridized carbons (Fsp3) is 0.278. The minimum absolute atomic E-state index is 0.120. The first-order valence-corrected chi connectivity index (χ1v) is 9.55. The molecule has 2 aromatic carbocycles. The van der Waals surface area contributed by atoms with Crippen molar-refractivity contribution < 1.29 is 13.2 Å². The van der Waals surface area contributed by atoms with Crippen molar-refractivity contribution in [3.63, 3.8) is 0 Å². The molecule has 0 aromatic heterocycles. The van der Waals surface area contributed by atoms with E-state index in [4.69, 9.17) is 0 Å². The monoisotopic (exact) mass is 344 g/mol. The van der Waals surface area contributed by atoms with Crippen LogP contribution in [0.1, 0.15) is 15.9 Å². The topological polar surface area (TPSA) is 75.3 Å². The lowest BCUT2D eigenvalue weighted by Gasteiger charge is -2.27. The van der Waals surface area contributed by atoms with Crippen LogP contribution in [0.5, 0.6) is 0 Å². The van der Waals surface area contributed by atoms with Crippen molar-refractivity contribution in [3.05, 3.63) is 65.7 Å². The minimum Gasteiger partial charge on any atom is -0.352 e. The lowest BCUT2D eigenvalue weighted by atomic mass is 10.0. The number of carbonyl (C=O) groups is 1. The third-order valence-corrected chi connectivity index (χ3v) is 5.77. The van der Waals surface area contributed by atoms with Gasteiger partial charge in [-0.05, 0) is 29.8 Å². The molecule has 1 heterocycles. The Bertz CT molecular complexity index is 815. The largest absolute Gasteiger partial charge is 0.352 e. The van der Waals surface area contributed by atoms with Crippen LogP contribution in [0, 0.1) is 5.92 Å². The van der Waals surface area contributed by atoms with E-state index in [2.05, 4.69) is 10.6 Å². The first-order valence-electron chi connectivity index (χ1n) is 7.90. The van der Waals surface area contributed by atoms with Crippen molar-refractivity contribution in [2.45, 2.75) is 10.6 Å². The number of hydrogen-bond acceptors (Lipinski definition) is 4. The van der Waals surface area contributed by atoms with Gasteiger partial charge >= 0.3 is 0 Å². The number of benzene rings is 2. The van der Waals surface area contributed by atoms with Crippen molar-refractivity contribution in [2.24, 2.45) is 5.92 Å². The Labute approximate surface area is 142 Å². The van der Waals surface area contributed by atoms with Gasteiger partial charge in [-0.2, -0.15) is 0 Å². The van der Waals surface area contributed by atoms with Crippen LogP contribution in [0.3, 0.4) is 0 Å². The van der Waals surface area contributed by atoms with E-state index in [1.54, 1.807) is 54.6 Å². The molecule has 6 heteroatoms. The van der Waals surface area contributed by atoms with Gasteiger partial charge in [-0.15, -0.1) is 0 Å². The molecule has 2 aromatic rings. The molecule has 0 atom stereocenters. The predicted octanol–water partition coefficient (Wildman–Crippen LogP) is 1.61. The summed E-state index contributed by atoms with van der Waals surface area (Å²) in [4.78, 5) is 12.5. The van der Waals surface area contributed by atoms with Gasteiger partial charge in [0, 0.05) is 31.1 Å². The highest BCUT2D eigenvalue weighted by atomic mass is 32.2. The summed E-state index contributed by atoms with van der Waals surface area (Å²) in [5.41, 5.74) is 1.10. The fourth-order valence-electron chi connectivity index (χ4n) is 2.56. The molecule has 0 radical (unpaired) electrons. The Morgan fingerprint density at radius 3 is 2.50 bits per heavy atom. The summed E-state index contributed by atoms with van der Waals surface area (Å²) in [6, 6.07) is 15.1. The summed E-state index contributed by atoms with van der Waals surface area (Å²) in [6.07, 6.45) is 0. The zero-order chi connectivity index (χ0) is 17.0. The minimum atomic E-state index is -3.42. The highest BCUT2D eigenvalue weighted by Crippen LogP contribution is 2.17. The quantitative estimate of drug-likeness (QED) is 0.835. The van der Waals surface area contributed by atoms with E-state index in [1.807, 2.05) is 0 Å². The van der Waals surface area contributed by atoms with Crippen LogP contribution in [-0.2, 0) is 15.6 Å². The van der Waals surface area contributed by atoms with Crippen molar-refractivity contribution in [1.29, 1.82) is 0 Å². The zero-order valence-corrected chi connectivity index (χ0v) is 14.1. The molecule has 0 aliphatic carbocycles. The average Bonchev–Trinajstić information content (AvgIpc) is 2.54. The number of rotatable bonds is 6. The second-order valence-electron chi connectivity index (χ2n) is 6.01. The Balaban J connectivity index is 1.69. The molecule has 0 unspecified atom stereocenters. The maximum Gasteiger partial charge on any atom is 0.251 e. The number of amides is 1. The SMILES string of the molecule is O=C(NCC1CNC1)c1cccc(CS(=O)(=O)c2ccccc2)c1. The summed E-state index contributed by atoms with van der Waals surface area (Å²) < 4.78 is 24.9. The van der Waals surface area contributed by atoms with Crippen molar-refractivity contribution in [2.75, 3.05) is 19.6 Å². The molecule has 0 spiro atoms. The van der Waals surface area contributed by atoms with Gasteiger partial charge in [-0.1, -0.05) is 30.3 Å². The average molecular weight is 344 g/mol. The summed E-state index contributed by atoms with van der Waals surface area (Å²) in [7, 11) is -3.42. The number of carbonyl (C=O) groups excluding carboxylic acids is 1. The van der Waals surface area contributed by atoms with Crippen LogP contribution in [0.25, 0.3) is 0 Å². The molecular formula is C18H20N2O3S. The second kappa shape index (κ2) is 7.15. The predicted molar refractivity (Wildman–Crippen MR) is 92.5 cm³/mol. The standard InChI is InChI=1S/C18H20N2O3S/c21-18(20-12-15-10-19-11-15)16-6-4-5-14(9-16)13-24(22,23)17-7-2-1-3-8-17/h1-9,15,19H,10-13H2,(H,20,21). The first-order chi connectivity index (χ1) is 11.5. The Morgan fingerprint density at radius 1 is 1.08 bits per heavy atom. The van der Waals surface area contributed by atoms with Crippen LogP contribution < -0.4 is 10.6 Å². The summed E-state index contributed by atoms with van der Waals surface area (Å²) in [6.45, 7) is 2.49. The molecule has 1 fully saturated rings. The summed E-state index contributed by atoms with van der Waals surface area (Å²) in [5.74, 6) is 0.196. The second-order valence-corrected chi connectivity index (χ2v) is 8.00. The van der Waals surface area contributed by atoms with Crippen LogP contribution in [0.4, 0.5) is 0 Å². The van der Waals surface area contributed by atoms with Crippen molar-refractivity contribution in [1.82, 2.24) is 10.6 Å². The molecule has 1 saturated heterocycles. The number of hydrogen-bond donors (Lipinski definition) is 2. The van der Waals surface area contributed by atoms with E-state index < -0.39 is 9.84 Å². The van der Waals surface area contributed by atoms with Crippen LogP contribution in [-0.4, -0.2) is 34.0 Å². The van der Waals surface area contributed by atoms with Gasteiger partial charge < -0.3 is 10.6 Å². The highest BCUT2D eigenvalue weighted by Gasteiger charge is 2.19. The van der Waals surface area contributed by atoms with E-state index in [0.29, 0.717) is 23.6 Å². The third-order valence-electron chi connectivity index (χ3n) is 4.07. The Morgan fingerprint density at radius 2 is 1.83 bits per heavy atom. The Kier molecular flexibility index (Phi) is 4.97. The van der Waals surface area contributed by atoms with E-state index >= 15 is 0 Å². The molecule has 5 nitrogen and oxygen atoms in total. The van der Waals surface area contributed by atoms with Gasteiger partial charge in [0.05, 0.1) is 10.6 Å². The molecule has 126 valence electrons. The molecule has 1 aliphatic heterocycles. The highest BCUT2D eigenvalue weighted by molar-refractivity contribution is 7.90. The maximum atomic E-state index is 12.4. The number of sulfone groups is 1. The van der Waals surface area contributed by atoms with E-state index in [-0.39, 0.29) is 16.6 Å². The third kappa shape index (κ3) is 4.01. The van der Waals surface area contributed by atoms with Crippen LogP contribution >= 0.6 is 0 Å². The smallest absolute Gasteiger partial charge is 0.251 e. The van der Waals surface area contributed by atoms with Crippen LogP contribution in [0.2, 0.25) is 0 Å². The summed E-state index contributed by atoms with van der Waals surface area (Å²) in [5, 5.41) is 6.05. The Hall–Kier alpha value is -2.18. The fourth-order valence-corrected chi connectivity index (χ4v) is 3.92. The van der Waals surface area contributed by atoms with Crippen molar-refractivity contribution >= 4 is 15.7 Å². The lowest BCUT2D eigenvalue weighted by molar-refractivity contribution is 0.0942. The number of nitrogens with one attached hydrogen (secondary N) is 2. The molecule has 24 heavy (non-hydrogen) atoms. The molecule has 2 N–H and O–H groups in total. The molecule has 3 rings (SSSR count). The van der Waals surface area contributed by atoms with Crippen molar-refractivity contribution in [3.8, 4) is 0 Å². The first kappa shape index (κ1) is 16.7. The van der Waals surface area contributed by atoms with Gasteiger partial charge in [0.15, 0.2) is 9.84 Å². The molecule has 0 saturated carbocycles. The summed E-state index contributed by atoms with van der Waals surface area (Å²) >= 11 is 0. The zero-order valence-electron chi connectivity index (χ0n) is 13.2. The van der Waals surface area contributed by atoms with Gasteiger partial charge in [-0.3, -0.25) is 4.79 Å². The van der Waals surface area contributed by atoms with Crippen LogP contribution in [0.15, 0.2) is 59.5 Å². The van der Waals surface area contributed by atoms with E-state index in [0.717, 1.165) is 13.1 Å². The lowest BCUT2D eigenvalue weighted by Crippen LogP contribution is -2.48. The molecular weight excluding hydrogens is 324 g/mol. The van der Waals surface area contributed by atoms with Gasteiger partial charge in [0.1, 0.15) is 0 Å². The van der Waals surface area contributed by atoms with Gasteiger partial charge in [0.25, 0.3) is 5.91 Å². The van der Waals surface area contributed by atoms with Gasteiger partial charge in [0.2, 0.25) is 0 Å². The molecule has 1 aliphatic rings. The maximum absolute atomic E-state index is 12.4. The normalized spacial score (nSPS) is 14.8. The molecule has 1 amide bonds.